The molecule has 17 heavy (non-hydrogen) atoms. The van der Waals surface area contributed by atoms with Gasteiger partial charge in [0.2, 0.25) is 0 Å². The Hall–Kier alpha value is -0.900. The van der Waals surface area contributed by atoms with Gasteiger partial charge in [-0.2, -0.15) is 0 Å². The molecule has 0 saturated heterocycles. The van der Waals surface area contributed by atoms with Crippen LogP contribution in [-0.4, -0.2) is 17.3 Å². The Morgan fingerprint density at radius 2 is 2.18 bits per heavy atom. The second-order valence-electron chi connectivity index (χ2n) is 4.41. The van der Waals surface area contributed by atoms with Gasteiger partial charge >= 0.3 is 0 Å². The van der Waals surface area contributed by atoms with Gasteiger partial charge in [0.1, 0.15) is 5.82 Å². The van der Waals surface area contributed by atoms with Gasteiger partial charge in [-0.1, -0.05) is 34.5 Å². The van der Waals surface area contributed by atoms with E-state index in [9.17, 15) is 9.18 Å². The topological polar surface area (TPSA) is 29.1 Å². The van der Waals surface area contributed by atoms with Crippen LogP contribution in [0.5, 0.6) is 0 Å². The first kappa shape index (κ1) is 12.6. The van der Waals surface area contributed by atoms with Crippen molar-refractivity contribution in [3.8, 4) is 0 Å². The number of benzene rings is 1. The van der Waals surface area contributed by atoms with E-state index in [2.05, 4.69) is 21.2 Å². The van der Waals surface area contributed by atoms with E-state index >= 15 is 0 Å². The van der Waals surface area contributed by atoms with Crippen LogP contribution in [0.2, 0.25) is 0 Å². The average molecular weight is 300 g/mol. The van der Waals surface area contributed by atoms with Gasteiger partial charge in [-0.25, -0.2) is 4.39 Å². The van der Waals surface area contributed by atoms with Crippen LogP contribution in [-0.2, 0) is 0 Å². The second-order valence-corrected chi connectivity index (χ2v) is 5.05. The lowest BCUT2D eigenvalue weighted by molar-refractivity contribution is 0.0926. The molecule has 92 valence electrons. The largest absolute Gasteiger partial charge is 0.349 e. The highest BCUT2D eigenvalue weighted by atomic mass is 79.9. The van der Waals surface area contributed by atoms with Gasteiger partial charge in [0.25, 0.3) is 5.91 Å². The summed E-state index contributed by atoms with van der Waals surface area (Å²) in [7, 11) is 0. The number of carbonyl (C=O) groups is 1. The number of halogens is 2. The Morgan fingerprint density at radius 1 is 1.41 bits per heavy atom. The summed E-state index contributed by atoms with van der Waals surface area (Å²) in [5.74, 6) is -0.301. The lowest BCUT2D eigenvalue weighted by Gasteiger charge is -2.19. The molecule has 0 radical (unpaired) electrons. The van der Waals surface area contributed by atoms with Crippen molar-refractivity contribution in [2.45, 2.75) is 25.3 Å². The number of rotatable bonds is 3. The molecule has 1 saturated carbocycles. The SMILES string of the molecule is O=C(NC1CCCC1CBr)c1ccccc1F. The quantitative estimate of drug-likeness (QED) is 0.854. The van der Waals surface area contributed by atoms with E-state index in [-0.39, 0.29) is 17.5 Å². The summed E-state index contributed by atoms with van der Waals surface area (Å²) >= 11 is 3.45. The zero-order chi connectivity index (χ0) is 12.3. The van der Waals surface area contributed by atoms with Crippen molar-refractivity contribution in [3.05, 3.63) is 35.6 Å². The molecule has 0 heterocycles. The highest BCUT2D eigenvalue weighted by Crippen LogP contribution is 2.27. The van der Waals surface area contributed by atoms with Gasteiger partial charge in [-0.15, -0.1) is 0 Å². The van der Waals surface area contributed by atoms with E-state index in [1.54, 1.807) is 12.1 Å². The average Bonchev–Trinajstić information content (AvgIpc) is 2.76. The Labute approximate surface area is 109 Å². The van der Waals surface area contributed by atoms with Crippen molar-refractivity contribution in [1.82, 2.24) is 5.32 Å². The van der Waals surface area contributed by atoms with Gasteiger partial charge < -0.3 is 5.32 Å². The van der Waals surface area contributed by atoms with E-state index in [0.29, 0.717) is 5.92 Å². The van der Waals surface area contributed by atoms with Crippen LogP contribution in [0.3, 0.4) is 0 Å². The van der Waals surface area contributed by atoms with Crippen LogP contribution in [0.4, 0.5) is 4.39 Å². The minimum absolute atomic E-state index is 0.132. The molecule has 1 aromatic rings. The van der Waals surface area contributed by atoms with Crippen molar-refractivity contribution in [1.29, 1.82) is 0 Å². The van der Waals surface area contributed by atoms with Crippen LogP contribution in [0.1, 0.15) is 29.6 Å². The molecule has 2 nitrogen and oxygen atoms in total. The molecule has 2 rings (SSSR count). The smallest absolute Gasteiger partial charge is 0.254 e. The van der Waals surface area contributed by atoms with Crippen molar-refractivity contribution in [2.24, 2.45) is 5.92 Å². The first-order chi connectivity index (χ1) is 8.22. The fourth-order valence-electron chi connectivity index (χ4n) is 2.30. The van der Waals surface area contributed by atoms with Crippen LogP contribution in [0.15, 0.2) is 24.3 Å². The number of nitrogens with one attached hydrogen (secondary N) is 1. The first-order valence-corrected chi connectivity index (χ1v) is 6.96. The highest BCUT2D eigenvalue weighted by molar-refractivity contribution is 9.09. The molecule has 0 bridgehead atoms. The standard InChI is InChI=1S/C13H15BrFNO/c14-8-9-4-3-7-12(9)16-13(17)10-5-1-2-6-11(10)15/h1-2,5-6,9,12H,3-4,7-8H2,(H,16,17). The van der Waals surface area contributed by atoms with Gasteiger partial charge in [-0.3, -0.25) is 4.79 Å². The fraction of sp³-hybridized carbons (Fsp3) is 0.462. The first-order valence-electron chi connectivity index (χ1n) is 5.83. The van der Waals surface area contributed by atoms with E-state index in [0.717, 1.165) is 24.6 Å². The molecule has 1 aromatic carbocycles. The summed E-state index contributed by atoms with van der Waals surface area (Å²) in [6.45, 7) is 0. The lowest BCUT2D eigenvalue weighted by Crippen LogP contribution is -2.38. The molecule has 4 heteroatoms. The van der Waals surface area contributed by atoms with Gasteiger partial charge in [0, 0.05) is 11.4 Å². The summed E-state index contributed by atoms with van der Waals surface area (Å²) in [5, 5.41) is 3.81. The van der Waals surface area contributed by atoms with Gasteiger partial charge in [0.05, 0.1) is 5.56 Å². The third-order valence-electron chi connectivity index (χ3n) is 3.29. The second kappa shape index (κ2) is 5.63. The van der Waals surface area contributed by atoms with Crippen molar-refractivity contribution in [3.63, 3.8) is 0 Å². The lowest BCUT2D eigenvalue weighted by atomic mass is 10.1. The summed E-state index contributed by atoms with van der Waals surface area (Å²) in [4.78, 5) is 11.9. The minimum atomic E-state index is -0.460. The highest BCUT2D eigenvalue weighted by Gasteiger charge is 2.28. The maximum Gasteiger partial charge on any atom is 0.254 e. The Balaban J connectivity index is 2.04. The van der Waals surface area contributed by atoms with Crippen LogP contribution in [0.25, 0.3) is 0 Å². The van der Waals surface area contributed by atoms with Crippen molar-refractivity contribution in [2.75, 3.05) is 5.33 Å². The molecule has 1 fully saturated rings. The molecule has 1 aliphatic rings. The number of amides is 1. The Bertz CT molecular complexity index is 410. The molecule has 1 amide bonds. The van der Waals surface area contributed by atoms with E-state index < -0.39 is 5.82 Å². The summed E-state index contributed by atoms with van der Waals surface area (Å²) < 4.78 is 13.4. The third kappa shape index (κ3) is 2.86. The van der Waals surface area contributed by atoms with Crippen LogP contribution < -0.4 is 5.32 Å². The van der Waals surface area contributed by atoms with Crippen molar-refractivity contribution >= 4 is 21.8 Å². The maximum absolute atomic E-state index is 13.4. The molecular formula is C13H15BrFNO. The summed E-state index contributed by atoms with van der Waals surface area (Å²) in [6, 6.07) is 6.26. The minimum Gasteiger partial charge on any atom is -0.349 e. The van der Waals surface area contributed by atoms with Crippen LogP contribution >= 0.6 is 15.9 Å². The molecule has 2 unspecified atom stereocenters. The predicted octanol–water partition coefficient (Wildman–Crippen LogP) is 3.12. The predicted molar refractivity (Wildman–Crippen MR) is 68.8 cm³/mol. The van der Waals surface area contributed by atoms with E-state index in [4.69, 9.17) is 0 Å². The van der Waals surface area contributed by atoms with E-state index in [1.807, 2.05) is 0 Å². The Morgan fingerprint density at radius 3 is 2.88 bits per heavy atom. The monoisotopic (exact) mass is 299 g/mol. The Kier molecular flexibility index (Phi) is 4.15. The molecular weight excluding hydrogens is 285 g/mol. The molecule has 0 spiro atoms. The summed E-state index contributed by atoms with van der Waals surface area (Å²) in [6.07, 6.45) is 3.22. The zero-order valence-corrected chi connectivity index (χ0v) is 11.0. The number of carbonyl (C=O) groups excluding carboxylic acids is 1. The normalized spacial score (nSPS) is 23.6. The van der Waals surface area contributed by atoms with E-state index in [1.165, 1.54) is 12.1 Å². The number of hydrogen-bond acceptors (Lipinski definition) is 1. The fourth-order valence-corrected chi connectivity index (χ4v) is 3.08. The maximum atomic E-state index is 13.4. The number of alkyl halides is 1. The third-order valence-corrected chi connectivity index (χ3v) is 4.12. The zero-order valence-electron chi connectivity index (χ0n) is 9.46. The number of hydrogen-bond donors (Lipinski definition) is 1. The molecule has 1 aliphatic carbocycles. The van der Waals surface area contributed by atoms with Crippen LogP contribution in [0, 0.1) is 11.7 Å². The van der Waals surface area contributed by atoms with Crippen molar-refractivity contribution < 1.29 is 9.18 Å². The molecule has 0 aliphatic heterocycles. The van der Waals surface area contributed by atoms with Gasteiger partial charge in [0.15, 0.2) is 0 Å². The summed E-state index contributed by atoms with van der Waals surface area (Å²) in [5.41, 5.74) is 0.132. The molecule has 1 N–H and O–H groups in total. The molecule has 2 atom stereocenters. The van der Waals surface area contributed by atoms with Gasteiger partial charge in [-0.05, 0) is 30.9 Å². The molecule has 0 aromatic heterocycles.